The van der Waals surface area contributed by atoms with Crippen LogP contribution < -0.4 is 16.4 Å². The molecule has 4 N–H and O–H groups in total. The largest absolute Gasteiger partial charge is 0.399 e. The minimum absolute atomic E-state index is 0.123. The first-order valence-electron chi connectivity index (χ1n) is 6.38. The molecule has 0 aromatic heterocycles. The van der Waals surface area contributed by atoms with Crippen LogP contribution in [0.3, 0.4) is 0 Å². The summed E-state index contributed by atoms with van der Waals surface area (Å²) in [5, 5.41) is 5.64. The molecule has 110 valence electrons. The lowest BCUT2D eigenvalue weighted by atomic mass is 10.0. The fourth-order valence-electron chi connectivity index (χ4n) is 2.01. The third kappa shape index (κ3) is 4.89. The molecule has 0 aliphatic rings. The second-order valence-electron chi connectivity index (χ2n) is 5.04. The maximum absolute atomic E-state index is 11.4. The van der Waals surface area contributed by atoms with Crippen molar-refractivity contribution >= 4 is 23.2 Å². The van der Waals surface area contributed by atoms with Crippen molar-refractivity contribution in [2.45, 2.75) is 19.9 Å². The molecule has 1 aromatic carbocycles. The lowest BCUT2D eigenvalue weighted by Crippen LogP contribution is -2.34. The van der Waals surface area contributed by atoms with E-state index in [9.17, 15) is 9.59 Å². The summed E-state index contributed by atoms with van der Waals surface area (Å²) < 4.78 is 0. The molecule has 1 aromatic rings. The summed E-state index contributed by atoms with van der Waals surface area (Å²) in [6.45, 7) is 3.53. The predicted octanol–water partition coefficient (Wildman–Crippen LogP) is 0.966. The molecule has 0 saturated heterocycles. The number of amides is 2. The van der Waals surface area contributed by atoms with E-state index in [1.54, 1.807) is 12.1 Å². The highest BCUT2D eigenvalue weighted by molar-refractivity contribution is 5.90. The van der Waals surface area contributed by atoms with Crippen LogP contribution in [0, 0.1) is 0 Å². The third-order valence-corrected chi connectivity index (χ3v) is 2.69. The van der Waals surface area contributed by atoms with Crippen LogP contribution in [0.25, 0.3) is 0 Å². The van der Waals surface area contributed by atoms with Crippen LogP contribution in [0.4, 0.5) is 11.4 Å². The van der Waals surface area contributed by atoms with Crippen LogP contribution in [-0.2, 0) is 9.59 Å². The zero-order chi connectivity index (χ0) is 15.3. The Morgan fingerprint density at radius 1 is 1.25 bits per heavy atom. The number of hydrogen-bond acceptors (Lipinski definition) is 4. The highest BCUT2D eigenvalue weighted by atomic mass is 16.2. The van der Waals surface area contributed by atoms with E-state index in [1.165, 1.54) is 13.8 Å². The van der Waals surface area contributed by atoms with Crippen LogP contribution in [0.5, 0.6) is 0 Å². The van der Waals surface area contributed by atoms with E-state index in [1.807, 2.05) is 25.1 Å². The van der Waals surface area contributed by atoms with Gasteiger partial charge in [-0.25, -0.2) is 0 Å². The number of nitrogens with two attached hydrogens (primary N) is 1. The van der Waals surface area contributed by atoms with Gasteiger partial charge in [0.15, 0.2) is 0 Å². The molecule has 1 unspecified atom stereocenters. The fourth-order valence-corrected chi connectivity index (χ4v) is 2.01. The average Bonchev–Trinajstić information content (AvgIpc) is 2.25. The van der Waals surface area contributed by atoms with Gasteiger partial charge in [0.25, 0.3) is 0 Å². The standard InChI is InChI=1S/C14H22N4O2/c1-9(19)16-13-7-11(15)5-6-12(13)14(8-18(3)4)17-10(2)20/h5-7,14H,8,15H2,1-4H3,(H,16,19)(H,17,20). The summed E-state index contributed by atoms with van der Waals surface area (Å²) in [7, 11) is 3.84. The van der Waals surface area contributed by atoms with Gasteiger partial charge in [0.05, 0.1) is 6.04 Å². The molecule has 0 aliphatic carbocycles. The van der Waals surface area contributed by atoms with Crippen molar-refractivity contribution in [3.8, 4) is 0 Å². The molecule has 1 rings (SSSR count). The van der Waals surface area contributed by atoms with E-state index < -0.39 is 0 Å². The summed E-state index contributed by atoms with van der Waals surface area (Å²) in [4.78, 5) is 24.6. The van der Waals surface area contributed by atoms with Crippen LogP contribution in [-0.4, -0.2) is 37.4 Å². The molecule has 0 spiro atoms. The van der Waals surface area contributed by atoms with Gasteiger partial charge in [0, 0.05) is 31.8 Å². The van der Waals surface area contributed by atoms with Gasteiger partial charge >= 0.3 is 0 Å². The molecular formula is C14H22N4O2. The number of likely N-dealkylation sites (N-methyl/N-ethyl adjacent to an activating group) is 1. The van der Waals surface area contributed by atoms with Gasteiger partial charge in [0.2, 0.25) is 11.8 Å². The van der Waals surface area contributed by atoms with Crippen molar-refractivity contribution in [2.75, 3.05) is 31.7 Å². The zero-order valence-corrected chi connectivity index (χ0v) is 12.4. The summed E-state index contributed by atoms with van der Waals surface area (Å²) in [6.07, 6.45) is 0. The molecule has 6 nitrogen and oxygen atoms in total. The monoisotopic (exact) mass is 278 g/mol. The maximum Gasteiger partial charge on any atom is 0.221 e. The van der Waals surface area contributed by atoms with Gasteiger partial charge in [-0.3, -0.25) is 9.59 Å². The van der Waals surface area contributed by atoms with E-state index in [0.29, 0.717) is 17.9 Å². The Bertz CT molecular complexity index is 500. The van der Waals surface area contributed by atoms with Crippen LogP contribution in [0.1, 0.15) is 25.5 Å². The van der Waals surface area contributed by atoms with E-state index in [0.717, 1.165) is 5.56 Å². The van der Waals surface area contributed by atoms with Gasteiger partial charge in [0.1, 0.15) is 0 Å². The lowest BCUT2D eigenvalue weighted by molar-refractivity contribution is -0.119. The Labute approximate surface area is 119 Å². The normalized spacial score (nSPS) is 12.1. The van der Waals surface area contributed by atoms with Crippen molar-refractivity contribution in [1.82, 2.24) is 10.2 Å². The number of hydrogen-bond donors (Lipinski definition) is 3. The molecule has 0 fully saturated rings. The number of carbonyl (C=O) groups is 2. The van der Waals surface area contributed by atoms with E-state index in [-0.39, 0.29) is 17.9 Å². The number of anilines is 2. The van der Waals surface area contributed by atoms with Gasteiger partial charge in [-0.15, -0.1) is 0 Å². The van der Waals surface area contributed by atoms with Gasteiger partial charge in [-0.05, 0) is 31.8 Å². The maximum atomic E-state index is 11.4. The quantitative estimate of drug-likeness (QED) is 0.700. The molecule has 0 saturated carbocycles. The second-order valence-corrected chi connectivity index (χ2v) is 5.04. The molecule has 0 radical (unpaired) electrons. The first kappa shape index (κ1) is 16.0. The Hall–Kier alpha value is -2.08. The Balaban J connectivity index is 3.16. The zero-order valence-electron chi connectivity index (χ0n) is 12.4. The minimum atomic E-state index is -0.218. The minimum Gasteiger partial charge on any atom is -0.399 e. The lowest BCUT2D eigenvalue weighted by Gasteiger charge is -2.24. The number of nitrogen functional groups attached to an aromatic ring is 1. The number of carbonyl (C=O) groups excluding carboxylic acids is 2. The molecule has 20 heavy (non-hydrogen) atoms. The highest BCUT2D eigenvalue weighted by Crippen LogP contribution is 2.26. The fraction of sp³-hybridized carbons (Fsp3) is 0.429. The number of nitrogens with zero attached hydrogens (tertiary/aromatic N) is 1. The van der Waals surface area contributed by atoms with Crippen LogP contribution in [0.15, 0.2) is 18.2 Å². The summed E-state index contributed by atoms with van der Waals surface area (Å²) in [5.41, 5.74) is 7.77. The predicted molar refractivity (Wildman–Crippen MR) is 80.3 cm³/mol. The summed E-state index contributed by atoms with van der Waals surface area (Å²) in [6, 6.07) is 5.06. The first-order chi connectivity index (χ1) is 9.29. The molecule has 0 bridgehead atoms. The topological polar surface area (TPSA) is 87.5 Å². The number of rotatable bonds is 5. The second kappa shape index (κ2) is 6.91. The molecule has 1 atom stereocenters. The van der Waals surface area contributed by atoms with Gasteiger partial charge < -0.3 is 21.3 Å². The van der Waals surface area contributed by atoms with E-state index >= 15 is 0 Å². The van der Waals surface area contributed by atoms with E-state index in [2.05, 4.69) is 10.6 Å². The van der Waals surface area contributed by atoms with Gasteiger partial charge in [-0.1, -0.05) is 6.07 Å². The van der Waals surface area contributed by atoms with Crippen molar-refractivity contribution in [3.63, 3.8) is 0 Å². The van der Waals surface area contributed by atoms with Crippen LogP contribution >= 0.6 is 0 Å². The molecule has 0 heterocycles. The smallest absolute Gasteiger partial charge is 0.221 e. The Morgan fingerprint density at radius 3 is 2.40 bits per heavy atom. The Morgan fingerprint density at radius 2 is 1.90 bits per heavy atom. The average molecular weight is 278 g/mol. The SMILES string of the molecule is CC(=O)Nc1cc(N)ccc1C(CN(C)C)NC(C)=O. The summed E-state index contributed by atoms with van der Waals surface area (Å²) in [5.74, 6) is -0.300. The summed E-state index contributed by atoms with van der Waals surface area (Å²) >= 11 is 0. The highest BCUT2D eigenvalue weighted by Gasteiger charge is 2.18. The molecule has 0 aliphatic heterocycles. The first-order valence-corrected chi connectivity index (χ1v) is 6.38. The third-order valence-electron chi connectivity index (χ3n) is 2.69. The molecular weight excluding hydrogens is 256 g/mol. The Kier molecular flexibility index (Phi) is 5.52. The molecule has 6 heteroatoms. The van der Waals surface area contributed by atoms with Gasteiger partial charge in [-0.2, -0.15) is 0 Å². The van der Waals surface area contributed by atoms with Crippen molar-refractivity contribution < 1.29 is 9.59 Å². The number of benzene rings is 1. The van der Waals surface area contributed by atoms with Crippen molar-refractivity contribution in [1.29, 1.82) is 0 Å². The van der Waals surface area contributed by atoms with Crippen molar-refractivity contribution in [2.24, 2.45) is 0 Å². The molecule has 2 amide bonds. The van der Waals surface area contributed by atoms with Crippen LogP contribution in [0.2, 0.25) is 0 Å². The van der Waals surface area contributed by atoms with Crippen molar-refractivity contribution in [3.05, 3.63) is 23.8 Å². The van der Waals surface area contributed by atoms with E-state index in [4.69, 9.17) is 5.73 Å². The number of nitrogens with one attached hydrogen (secondary N) is 2.